The highest BCUT2D eigenvalue weighted by Crippen LogP contribution is 2.12. The third-order valence-electron chi connectivity index (χ3n) is 4.70. The van der Waals surface area contributed by atoms with Crippen LogP contribution >= 0.6 is 0 Å². The molecule has 0 aromatic carbocycles. The second-order valence-electron chi connectivity index (χ2n) is 7.09. The number of unbranched alkanes of at least 4 members (excludes halogenated alkanes) is 13. The molecule has 0 bridgehead atoms. The van der Waals surface area contributed by atoms with Crippen LogP contribution in [0.15, 0.2) is 12.7 Å². The third-order valence-corrected chi connectivity index (χ3v) is 4.70. The molecule has 3 heteroatoms. The molecule has 0 aromatic heterocycles. The van der Waals surface area contributed by atoms with Crippen molar-refractivity contribution >= 4 is 0 Å². The molecule has 144 valence electrons. The van der Waals surface area contributed by atoms with E-state index in [4.69, 9.17) is 0 Å². The molecule has 24 heavy (non-hydrogen) atoms. The standard InChI is InChI=1S/C21H43NO2/c1-3-5-6-7-8-9-10-11-12-13-14-15-16-17-18-22-19-21(24)20(23)4-2/h4,20-24H,2-3,5-19H2,1H3/t20-,21-/m1/s1. The first-order chi connectivity index (χ1) is 11.7. The van der Waals surface area contributed by atoms with Gasteiger partial charge in [-0.15, -0.1) is 6.58 Å². The van der Waals surface area contributed by atoms with E-state index in [1.165, 1.54) is 89.5 Å². The highest BCUT2D eigenvalue weighted by Gasteiger charge is 2.10. The number of rotatable bonds is 19. The molecule has 0 aromatic rings. The van der Waals surface area contributed by atoms with Gasteiger partial charge in [0.1, 0.15) is 0 Å². The lowest BCUT2D eigenvalue weighted by Gasteiger charge is -2.14. The van der Waals surface area contributed by atoms with Gasteiger partial charge in [-0.05, 0) is 13.0 Å². The van der Waals surface area contributed by atoms with Crippen LogP contribution in [0.1, 0.15) is 96.8 Å². The van der Waals surface area contributed by atoms with Crippen LogP contribution in [0.3, 0.4) is 0 Å². The van der Waals surface area contributed by atoms with Crippen LogP contribution in [0.2, 0.25) is 0 Å². The van der Waals surface area contributed by atoms with Gasteiger partial charge in [0.15, 0.2) is 0 Å². The first-order valence-electron chi connectivity index (χ1n) is 10.4. The molecule has 0 aliphatic heterocycles. The zero-order chi connectivity index (χ0) is 17.9. The van der Waals surface area contributed by atoms with Gasteiger partial charge in [0.05, 0.1) is 12.2 Å². The van der Waals surface area contributed by atoms with Crippen LogP contribution in [-0.2, 0) is 0 Å². The Labute approximate surface area is 150 Å². The van der Waals surface area contributed by atoms with Crippen molar-refractivity contribution in [2.45, 2.75) is 109 Å². The normalized spacial score (nSPS) is 13.8. The van der Waals surface area contributed by atoms with Crippen molar-refractivity contribution in [3.8, 4) is 0 Å². The zero-order valence-corrected chi connectivity index (χ0v) is 16.1. The Bertz CT molecular complexity index is 258. The Kier molecular flexibility index (Phi) is 18.7. The third kappa shape index (κ3) is 16.5. The largest absolute Gasteiger partial charge is 0.389 e. The second kappa shape index (κ2) is 19.0. The van der Waals surface area contributed by atoms with E-state index >= 15 is 0 Å². The molecule has 3 nitrogen and oxygen atoms in total. The van der Waals surface area contributed by atoms with Crippen LogP contribution in [0.4, 0.5) is 0 Å². The summed E-state index contributed by atoms with van der Waals surface area (Å²) in [6.07, 6.45) is 19.0. The Balaban J connectivity index is 3.09. The Morgan fingerprint density at radius 2 is 1.17 bits per heavy atom. The summed E-state index contributed by atoms with van der Waals surface area (Å²) in [4.78, 5) is 0. The molecule has 0 fully saturated rings. The van der Waals surface area contributed by atoms with Gasteiger partial charge in [-0.3, -0.25) is 0 Å². The van der Waals surface area contributed by atoms with Crippen LogP contribution in [0, 0.1) is 0 Å². The lowest BCUT2D eigenvalue weighted by Crippen LogP contribution is -2.35. The van der Waals surface area contributed by atoms with Crippen LogP contribution in [0.5, 0.6) is 0 Å². The summed E-state index contributed by atoms with van der Waals surface area (Å²) < 4.78 is 0. The molecule has 0 aliphatic carbocycles. The van der Waals surface area contributed by atoms with E-state index in [1.54, 1.807) is 0 Å². The van der Waals surface area contributed by atoms with Gasteiger partial charge >= 0.3 is 0 Å². The van der Waals surface area contributed by atoms with Crippen molar-refractivity contribution < 1.29 is 10.2 Å². The molecule has 0 unspecified atom stereocenters. The SMILES string of the molecule is C=C[C@@H](O)[C@H](O)CNCCCCCCCCCCCCCCCC. The predicted molar refractivity (Wildman–Crippen MR) is 105 cm³/mol. The first-order valence-corrected chi connectivity index (χ1v) is 10.4. The van der Waals surface area contributed by atoms with Crippen molar-refractivity contribution in [3.05, 3.63) is 12.7 Å². The zero-order valence-electron chi connectivity index (χ0n) is 16.1. The average Bonchev–Trinajstić information content (AvgIpc) is 2.60. The number of hydrogen-bond acceptors (Lipinski definition) is 3. The smallest absolute Gasteiger partial charge is 0.0989 e. The van der Waals surface area contributed by atoms with Gasteiger partial charge in [-0.2, -0.15) is 0 Å². The molecule has 0 spiro atoms. The van der Waals surface area contributed by atoms with Gasteiger partial charge in [0.2, 0.25) is 0 Å². The number of nitrogens with one attached hydrogen (secondary N) is 1. The Hall–Kier alpha value is -0.380. The van der Waals surface area contributed by atoms with E-state index in [9.17, 15) is 10.2 Å². The maximum atomic E-state index is 9.55. The van der Waals surface area contributed by atoms with Gasteiger partial charge in [-0.25, -0.2) is 0 Å². The van der Waals surface area contributed by atoms with E-state index < -0.39 is 12.2 Å². The monoisotopic (exact) mass is 341 g/mol. The predicted octanol–water partition coefficient (Wildman–Crippen LogP) is 4.97. The van der Waals surface area contributed by atoms with Gasteiger partial charge < -0.3 is 15.5 Å². The van der Waals surface area contributed by atoms with Crippen molar-refractivity contribution in [2.75, 3.05) is 13.1 Å². The molecule has 0 heterocycles. The van der Waals surface area contributed by atoms with E-state index in [-0.39, 0.29) is 0 Å². The van der Waals surface area contributed by atoms with Gasteiger partial charge in [-0.1, -0.05) is 96.5 Å². The van der Waals surface area contributed by atoms with E-state index in [0.717, 1.165) is 13.0 Å². The van der Waals surface area contributed by atoms with Crippen LogP contribution in [0.25, 0.3) is 0 Å². The highest BCUT2D eigenvalue weighted by molar-refractivity contribution is 4.85. The molecule has 0 aliphatic rings. The minimum atomic E-state index is -0.825. The van der Waals surface area contributed by atoms with Crippen molar-refractivity contribution in [1.29, 1.82) is 0 Å². The fourth-order valence-corrected chi connectivity index (χ4v) is 2.97. The summed E-state index contributed by atoms with van der Waals surface area (Å²) in [7, 11) is 0. The summed E-state index contributed by atoms with van der Waals surface area (Å²) in [5.41, 5.74) is 0. The molecule has 0 rings (SSSR count). The van der Waals surface area contributed by atoms with Crippen molar-refractivity contribution in [3.63, 3.8) is 0 Å². The maximum Gasteiger partial charge on any atom is 0.0989 e. The van der Waals surface area contributed by atoms with Gasteiger partial charge in [0, 0.05) is 6.54 Å². The fourth-order valence-electron chi connectivity index (χ4n) is 2.97. The lowest BCUT2D eigenvalue weighted by molar-refractivity contribution is 0.0494. The summed E-state index contributed by atoms with van der Waals surface area (Å²) in [5, 5.41) is 22.1. The number of aliphatic hydroxyl groups is 2. The Morgan fingerprint density at radius 1 is 0.750 bits per heavy atom. The topological polar surface area (TPSA) is 52.5 Å². The molecule has 0 saturated carbocycles. The molecule has 0 radical (unpaired) electrons. The minimum absolute atomic E-state index is 0.436. The summed E-state index contributed by atoms with van der Waals surface area (Å²) >= 11 is 0. The van der Waals surface area contributed by atoms with Crippen LogP contribution < -0.4 is 5.32 Å². The Morgan fingerprint density at radius 3 is 1.58 bits per heavy atom. The minimum Gasteiger partial charge on any atom is -0.389 e. The number of hydrogen-bond donors (Lipinski definition) is 3. The molecule has 0 saturated heterocycles. The van der Waals surface area contributed by atoms with E-state index in [0.29, 0.717) is 6.54 Å². The first kappa shape index (κ1) is 23.6. The fraction of sp³-hybridized carbons (Fsp3) is 0.905. The second-order valence-corrected chi connectivity index (χ2v) is 7.09. The molecule has 2 atom stereocenters. The molecule has 0 amide bonds. The molecule has 3 N–H and O–H groups in total. The maximum absolute atomic E-state index is 9.55. The summed E-state index contributed by atoms with van der Waals surface area (Å²) in [6.45, 7) is 7.09. The highest BCUT2D eigenvalue weighted by atomic mass is 16.3. The molecular weight excluding hydrogens is 298 g/mol. The summed E-state index contributed by atoms with van der Waals surface area (Å²) in [6, 6.07) is 0. The van der Waals surface area contributed by atoms with Crippen molar-refractivity contribution in [1.82, 2.24) is 5.32 Å². The molecular formula is C21H43NO2. The average molecular weight is 342 g/mol. The number of aliphatic hydroxyl groups excluding tert-OH is 2. The quantitative estimate of drug-likeness (QED) is 0.230. The lowest BCUT2D eigenvalue weighted by atomic mass is 10.0. The summed E-state index contributed by atoms with van der Waals surface area (Å²) in [5.74, 6) is 0. The van der Waals surface area contributed by atoms with E-state index in [2.05, 4.69) is 18.8 Å². The van der Waals surface area contributed by atoms with E-state index in [1.807, 2.05) is 0 Å². The van der Waals surface area contributed by atoms with Gasteiger partial charge in [0.25, 0.3) is 0 Å². The van der Waals surface area contributed by atoms with Crippen molar-refractivity contribution in [2.24, 2.45) is 0 Å². The van der Waals surface area contributed by atoms with Crippen LogP contribution in [-0.4, -0.2) is 35.5 Å².